The van der Waals surface area contributed by atoms with Crippen LogP contribution in [0.2, 0.25) is 0 Å². The lowest BCUT2D eigenvalue weighted by Crippen LogP contribution is -1.87. The number of thiophene rings is 1. The topological polar surface area (TPSA) is 0 Å². The summed E-state index contributed by atoms with van der Waals surface area (Å²) in [6.45, 7) is 0. The van der Waals surface area contributed by atoms with Gasteiger partial charge < -0.3 is 0 Å². The van der Waals surface area contributed by atoms with Gasteiger partial charge in [0.15, 0.2) is 0 Å². The van der Waals surface area contributed by atoms with E-state index in [4.69, 9.17) is 6.42 Å². The van der Waals surface area contributed by atoms with E-state index in [0.717, 1.165) is 5.56 Å². The quantitative estimate of drug-likeness (QED) is 0.620. The average molecular weight is 202 g/mol. The highest BCUT2D eigenvalue weighted by atomic mass is 32.1. The van der Waals surface area contributed by atoms with Gasteiger partial charge in [0.25, 0.3) is 0 Å². The van der Waals surface area contributed by atoms with Crippen LogP contribution in [-0.4, -0.2) is 0 Å². The Bertz CT molecular complexity index is 478. The maximum Gasteiger partial charge on any atom is 0.146 e. The number of hydrogen-bond acceptors (Lipinski definition) is 1. The normalized spacial score (nSPS) is 9.71. The van der Waals surface area contributed by atoms with Gasteiger partial charge in [-0.1, -0.05) is 18.1 Å². The molecular weight excluding hydrogens is 195 g/mol. The summed E-state index contributed by atoms with van der Waals surface area (Å²) in [6, 6.07) is 6.98. The minimum atomic E-state index is -0.312. The van der Waals surface area contributed by atoms with E-state index in [1.807, 2.05) is 16.8 Å². The number of benzene rings is 1. The zero-order valence-corrected chi connectivity index (χ0v) is 8.14. The highest BCUT2D eigenvalue weighted by molar-refractivity contribution is 7.08. The SMILES string of the molecule is C#Cc1cccc(-c2ccsc2)c1F. The Hall–Kier alpha value is -1.59. The summed E-state index contributed by atoms with van der Waals surface area (Å²) in [5.74, 6) is 2.01. The molecule has 0 nitrogen and oxygen atoms in total. The summed E-state index contributed by atoms with van der Waals surface area (Å²) in [7, 11) is 0. The first-order chi connectivity index (χ1) is 6.83. The summed E-state index contributed by atoms with van der Waals surface area (Å²) in [5, 5.41) is 3.82. The van der Waals surface area contributed by atoms with Gasteiger partial charge in [-0.05, 0) is 28.5 Å². The van der Waals surface area contributed by atoms with Crippen LogP contribution >= 0.6 is 11.3 Å². The van der Waals surface area contributed by atoms with Crippen molar-refractivity contribution in [2.75, 3.05) is 0 Å². The lowest BCUT2D eigenvalue weighted by Gasteiger charge is -2.01. The van der Waals surface area contributed by atoms with Gasteiger partial charge in [0.05, 0.1) is 5.56 Å². The van der Waals surface area contributed by atoms with E-state index in [9.17, 15) is 4.39 Å². The zero-order chi connectivity index (χ0) is 9.97. The third-order valence-electron chi connectivity index (χ3n) is 1.99. The second-order valence-electron chi connectivity index (χ2n) is 2.82. The molecule has 14 heavy (non-hydrogen) atoms. The molecule has 2 aromatic rings. The maximum atomic E-state index is 13.7. The highest BCUT2D eigenvalue weighted by Crippen LogP contribution is 2.26. The minimum Gasteiger partial charge on any atom is -0.205 e. The molecule has 0 aliphatic carbocycles. The molecule has 0 saturated heterocycles. The van der Waals surface area contributed by atoms with Gasteiger partial charge in [0, 0.05) is 5.56 Å². The van der Waals surface area contributed by atoms with Gasteiger partial charge in [0.1, 0.15) is 5.82 Å². The molecule has 2 rings (SSSR count). The van der Waals surface area contributed by atoms with Crippen molar-refractivity contribution in [3.8, 4) is 23.5 Å². The zero-order valence-electron chi connectivity index (χ0n) is 7.33. The second kappa shape index (κ2) is 3.65. The Labute approximate surface area is 86.0 Å². The number of rotatable bonds is 1. The molecule has 0 N–H and O–H groups in total. The van der Waals surface area contributed by atoms with Gasteiger partial charge in [-0.25, -0.2) is 4.39 Å². The van der Waals surface area contributed by atoms with E-state index in [1.165, 1.54) is 11.3 Å². The van der Waals surface area contributed by atoms with E-state index < -0.39 is 0 Å². The number of terminal acetylenes is 1. The largest absolute Gasteiger partial charge is 0.205 e. The summed E-state index contributed by atoms with van der Waals surface area (Å²) in [5.41, 5.74) is 1.76. The Morgan fingerprint density at radius 3 is 2.79 bits per heavy atom. The molecule has 0 radical (unpaired) electrons. The average Bonchev–Trinajstić information content (AvgIpc) is 2.71. The second-order valence-corrected chi connectivity index (χ2v) is 3.60. The molecule has 68 valence electrons. The Morgan fingerprint density at radius 2 is 2.14 bits per heavy atom. The molecule has 0 atom stereocenters. The molecule has 0 amide bonds. The predicted molar refractivity (Wildman–Crippen MR) is 57.6 cm³/mol. The first-order valence-corrected chi connectivity index (χ1v) is 5.05. The molecule has 0 bridgehead atoms. The van der Waals surface area contributed by atoms with Crippen molar-refractivity contribution in [1.82, 2.24) is 0 Å². The van der Waals surface area contributed by atoms with Gasteiger partial charge in [-0.15, -0.1) is 6.42 Å². The van der Waals surface area contributed by atoms with Crippen molar-refractivity contribution >= 4 is 11.3 Å². The first kappa shape index (κ1) is 8.98. The van der Waals surface area contributed by atoms with E-state index in [2.05, 4.69) is 5.92 Å². The fraction of sp³-hybridized carbons (Fsp3) is 0. The van der Waals surface area contributed by atoms with Crippen LogP contribution in [0.25, 0.3) is 11.1 Å². The molecule has 0 spiro atoms. The van der Waals surface area contributed by atoms with Crippen molar-refractivity contribution in [3.05, 3.63) is 46.4 Å². The van der Waals surface area contributed by atoms with E-state index in [1.54, 1.807) is 18.2 Å². The molecule has 0 saturated carbocycles. The molecule has 0 aliphatic heterocycles. The maximum absolute atomic E-state index is 13.7. The molecule has 1 aromatic carbocycles. The standard InChI is InChI=1S/C12H7FS/c1-2-9-4-3-5-11(12(9)13)10-6-7-14-8-10/h1,3-8H. The molecule has 1 aromatic heterocycles. The summed E-state index contributed by atoms with van der Waals surface area (Å²) in [6.07, 6.45) is 5.19. The lowest BCUT2D eigenvalue weighted by atomic mass is 10.1. The van der Waals surface area contributed by atoms with Gasteiger partial charge in [-0.2, -0.15) is 11.3 Å². The highest BCUT2D eigenvalue weighted by Gasteiger charge is 2.07. The molecule has 0 aliphatic rings. The third-order valence-corrected chi connectivity index (χ3v) is 2.67. The Balaban J connectivity index is 2.61. The minimum absolute atomic E-state index is 0.312. The molecule has 1 heterocycles. The van der Waals surface area contributed by atoms with E-state index in [-0.39, 0.29) is 5.82 Å². The van der Waals surface area contributed by atoms with Gasteiger partial charge in [-0.3, -0.25) is 0 Å². The van der Waals surface area contributed by atoms with Gasteiger partial charge >= 0.3 is 0 Å². The summed E-state index contributed by atoms with van der Waals surface area (Å²) < 4.78 is 13.7. The van der Waals surface area contributed by atoms with Crippen LogP contribution < -0.4 is 0 Å². The lowest BCUT2D eigenvalue weighted by molar-refractivity contribution is 0.628. The van der Waals surface area contributed by atoms with Crippen molar-refractivity contribution in [2.24, 2.45) is 0 Å². The number of halogens is 1. The first-order valence-electron chi connectivity index (χ1n) is 4.10. The van der Waals surface area contributed by atoms with E-state index >= 15 is 0 Å². The molecule has 0 fully saturated rings. The van der Waals surface area contributed by atoms with Gasteiger partial charge in [0.2, 0.25) is 0 Å². The summed E-state index contributed by atoms with van der Waals surface area (Å²) >= 11 is 1.54. The van der Waals surface area contributed by atoms with E-state index in [0.29, 0.717) is 11.1 Å². The van der Waals surface area contributed by atoms with Crippen LogP contribution in [0.1, 0.15) is 5.56 Å². The molecule has 0 unspecified atom stereocenters. The fourth-order valence-electron chi connectivity index (χ4n) is 1.28. The van der Waals surface area contributed by atoms with Crippen molar-refractivity contribution in [1.29, 1.82) is 0 Å². The van der Waals surface area contributed by atoms with Crippen LogP contribution in [0.15, 0.2) is 35.0 Å². The van der Waals surface area contributed by atoms with Crippen molar-refractivity contribution in [3.63, 3.8) is 0 Å². The molecular formula is C12H7FS. The van der Waals surface area contributed by atoms with Crippen molar-refractivity contribution in [2.45, 2.75) is 0 Å². The predicted octanol–water partition coefficient (Wildman–Crippen LogP) is 3.54. The van der Waals surface area contributed by atoms with Crippen LogP contribution in [0.5, 0.6) is 0 Å². The Morgan fingerprint density at radius 1 is 1.29 bits per heavy atom. The van der Waals surface area contributed by atoms with Crippen LogP contribution in [0.3, 0.4) is 0 Å². The molecule has 2 heteroatoms. The van der Waals surface area contributed by atoms with Crippen LogP contribution in [0, 0.1) is 18.2 Å². The summed E-state index contributed by atoms with van der Waals surface area (Å²) in [4.78, 5) is 0. The third kappa shape index (κ3) is 1.43. The van der Waals surface area contributed by atoms with Crippen molar-refractivity contribution < 1.29 is 4.39 Å². The van der Waals surface area contributed by atoms with Crippen LogP contribution in [-0.2, 0) is 0 Å². The smallest absolute Gasteiger partial charge is 0.146 e. The monoisotopic (exact) mass is 202 g/mol. The number of hydrogen-bond donors (Lipinski definition) is 0. The Kier molecular flexibility index (Phi) is 2.34. The van der Waals surface area contributed by atoms with Crippen LogP contribution in [0.4, 0.5) is 4.39 Å². The fourth-order valence-corrected chi connectivity index (χ4v) is 1.94.